The SMILES string of the molecule is Cc1noc([C@@H](C)OC(=O)c2cc(Cl)ccc2[N+](=O)[O-])n1. The highest BCUT2D eigenvalue weighted by atomic mass is 35.5. The van der Waals surface area contributed by atoms with E-state index in [1.165, 1.54) is 19.1 Å². The number of hydrogen-bond donors (Lipinski definition) is 0. The first-order valence-electron chi connectivity index (χ1n) is 5.83. The predicted octanol–water partition coefficient (Wildman–Crippen LogP) is 2.86. The highest BCUT2D eigenvalue weighted by Crippen LogP contribution is 2.25. The van der Waals surface area contributed by atoms with E-state index in [9.17, 15) is 14.9 Å². The van der Waals surface area contributed by atoms with Crippen molar-refractivity contribution in [2.75, 3.05) is 0 Å². The molecule has 0 bridgehead atoms. The van der Waals surface area contributed by atoms with Crippen LogP contribution in [-0.4, -0.2) is 21.0 Å². The van der Waals surface area contributed by atoms with Gasteiger partial charge in [-0.2, -0.15) is 4.98 Å². The molecule has 2 aromatic rings. The molecule has 0 saturated carbocycles. The maximum absolute atomic E-state index is 12.0. The van der Waals surface area contributed by atoms with Crippen LogP contribution in [-0.2, 0) is 4.74 Å². The minimum absolute atomic E-state index is 0.102. The molecule has 110 valence electrons. The number of nitrogens with zero attached hydrogens (tertiary/aromatic N) is 3. The number of benzene rings is 1. The molecule has 0 radical (unpaired) electrons. The van der Waals surface area contributed by atoms with Crippen molar-refractivity contribution >= 4 is 23.3 Å². The highest BCUT2D eigenvalue weighted by Gasteiger charge is 2.25. The third-order valence-corrected chi connectivity index (χ3v) is 2.79. The van der Waals surface area contributed by atoms with Gasteiger partial charge in [0, 0.05) is 11.1 Å². The smallest absolute Gasteiger partial charge is 0.345 e. The molecule has 2 rings (SSSR count). The molecule has 8 nitrogen and oxygen atoms in total. The topological polar surface area (TPSA) is 108 Å². The minimum Gasteiger partial charge on any atom is -0.449 e. The summed E-state index contributed by atoms with van der Waals surface area (Å²) in [4.78, 5) is 26.2. The first kappa shape index (κ1) is 14.9. The summed E-state index contributed by atoms with van der Waals surface area (Å²) in [5.41, 5.74) is -0.631. The van der Waals surface area contributed by atoms with Gasteiger partial charge in [-0.1, -0.05) is 16.8 Å². The van der Waals surface area contributed by atoms with Gasteiger partial charge in [0.2, 0.25) is 0 Å². The quantitative estimate of drug-likeness (QED) is 0.485. The van der Waals surface area contributed by atoms with E-state index in [1.54, 1.807) is 6.92 Å². The average molecular weight is 312 g/mol. The van der Waals surface area contributed by atoms with Gasteiger partial charge in [0.25, 0.3) is 11.6 Å². The summed E-state index contributed by atoms with van der Waals surface area (Å²) >= 11 is 5.75. The molecule has 0 amide bonds. The maximum Gasteiger partial charge on any atom is 0.345 e. The number of rotatable bonds is 4. The molecule has 0 unspecified atom stereocenters. The van der Waals surface area contributed by atoms with Crippen LogP contribution >= 0.6 is 11.6 Å². The monoisotopic (exact) mass is 311 g/mol. The summed E-state index contributed by atoms with van der Waals surface area (Å²) in [5, 5.41) is 14.7. The molecule has 1 atom stereocenters. The van der Waals surface area contributed by atoms with Crippen molar-refractivity contribution in [2.45, 2.75) is 20.0 Å². The predicted molar refractivity (Wildman–Crippen MR) is 71.0 cm³/mol. The van der Waals surface area contributed by atoms with E-state index in [0.29, 0.717) is 5.82 Å². The van der Waals surface area contributed by atoms with Crippen LogP contribution in [0.5, 0.6) is 0 Å². The van der Waals surface area contributed by atoms with Crippen LogP contribution < -0.4 is 0 Å². The molecule has 0 aliphatic rings. The fourth-order valence-electron chi connectivity index (χ4n) is 1.58. The van der Waals surface area contributed by atoms with E-state index < -0.39 is 22.7 Å². The maximum atomic E-state index is 12.0. The van der Waals surface area contributed by atoms with E-state index in [0.717, 1.165) is 6.07 Å². The number of halogens is 1. The third kappa shape index (κ3) is 3.34. The van der Waals surface area contributed by atoms with Gasteiger partial charge >= 0.3 is 5.97 Å². The molecule has 1 aromatic carbocycles. The molecule has 0 saturated heterocycles. The number of aryl methyl sites for hydroxylation is 1. The molecule has 1 heterocycles. The van der Waals surface area contributed by atoms with Crippen LogP contribution in [0.3, 0.4) is 0 Å². The highest BCUT2D eigenvalue weighted by molar-refractivity contribution is 6.31. The van der Waals surface area contributed by atoms with Gasteiger partial charge in [0.1, 0.15) is 5.56 Å². The second-order valence-corrected chi connectivity index (χ2v) is 4.58. The zero-order valence-electron chi connectivity index (χ0n) is 11.1. The van der Waals surface area contributed by atoms with E-state index in [1.807, 2.05) is 0 Å². The summed E-state index contributed by atoms with van der Waals surface area (Å²) < 4.78 is 9.95. The van der Waals surface area contributed by atoms with Crippen LogP contribution in [0.15, 0.2) is 22.7 Å². The molecule has 0 aliphatic carbocycles. The Kier molecular flexibility index (Phi) is 4.18. The average Bonchev–Trinajstić information content (AvgIpc) is 2.85. The van der Waals surface area contributed by atoms with Crippen molar-refractivity contribution in [3.63, 3.8) is 0 Å². The fourth-order valence-corrected chi connectivity index (χ4v) is 1.76. The fraction of sp³-hybridized carbons (Fsp3) is 0.250. The zero-order valence-corrected chi connectivity index (χ0v) is 11.8. The second-order valence-electron chi connectivity index (χ2n) is 4.15. The van der Waals surface area contributed by atoms with Crippen molar-refractivity contribution in [1.29, 1.82) is 0 Å². The van der Waals surface area contributed by atoms with Crippen LogP contribution in [0.4, 0.5) is 5.69 Å². The Balaban J connectivity index is 2.24. The number of nitro benzene ring substituents is 1. The van der Waals surface area contributed by atoms with Crippen LogP contribution in [0.25, 0.3) is 0 Å². The van der Waals surface area contributed by atoms with Gasteiger partial charge in [0.15, 0.2) is 11.9 Å². The summed E-state index contributed by atoms with van der Waals surface area (Å²) in [5.74, 6) is -0.403. The summed E-state index contributed by atoms with van der Waals surface area (Å²) in [6.07, 6.45) is -0.836. The molecule has 9 heteroatoms. The van der Waals surface area contributed by atoms with Crippen LogP contribution in [0.1, 0.15) is 35.1 Å². The summed E-state index contributed by atoms with van der Waals surface area (Å²) in [7, 11) is 0. The number of hydrogen-bond acceptors (Lipinski definition) is 7. The third-order valence-electron chi connectivity index (χ3n) is 2.55. The van der Waals surface area contributed by atoms with Gasteiger partial charge in [-0.25, -0.2) is 4.79 Å². The standard InChI is InChI=1S/C12H10ClN3O5/c1-6(11-14-7(2)15-21-11)20-12(17)9-5-8(13)3-4-10(9)16(18)19/h3-6H,1-2H3/t6-/m1/s1. The lowest BCUT2D eigenvalue weighted by atomic mass is 10.2. The van der Waals surface area contributed by atoms with E-state index in [2.05, 4.69) is 10.1 Å². The van der Waals surface area contributed by atoms with Crippen LogP contribution in [0, 0.1) is 17.0 Å². The van der Waals surface area contributed by atoms with Crippen LogP contribution in [0.2, 0.25) is 5.02 Å². The molecule has 0 N–H and O–H groups in total. The largest absolute Gasteiger partial charge is 0.449 e. The number of aromatic nitrogens is 2. The lowest BCUT2D eigenvalue weighted by molar-refractivity contribution is -0.385. The van der Waals surface area contributed by atoms with Gasteiger partial charge in [0.05, 0.1) is 4.92 Å². The van der Waals surface area contributed by atoms with Gasteiger partial charge < -0.3 is 9.26 Å². The Morgan fingerprint density at radius 3 is 2.81 bits per heavy atom. The molecule has 0 fully saturated rings. The Bertz CT molecular complexity index is 700. The molecule has 0 aliphatic heterocycles. The normalized spacial score (nSPS) is 12.0. The van der Waals surface area contributed by atoms with Crippen molar-refractivity contribution in [3.05, 3.63) is 50.6 Å². The number of nitro groups is 1. The molecule has 0 spiro atoms. The first-order valence-corrected chi connectivity index (χ1v) is 6.21. The molecular formula is C12H10ClN3O5. The summed E-state index contributed by atoms with van der Waals surface area (Å²) in [6, 6.07) is 3.63. The Labute approximate surface area is 123 Å². The van der Waals surface area contributed by atoms with Gasteiger partial charge in [-0.05, 0) is 26.0 Å². The van der Waals surface area contributed by atoms with E-state index in [-0.39, 0.29) is 16.5 Å². The summed E-state index contributed by atoms with van der Waals surface area (Å²) in [6.45, 7) is 3.13. The van der Waals surface area contributed by atoms with E-state index >= 15 is 0 Å². The lowest BCUT2D eigenvalue weighted by Gasteiger charge is -2.09. The van der Waals surface area contributed by atoms with Crippen molar-refractivity contribution < 1.29 is 19.0 Å². The zero-order chi connectivity index (χ0) is 15.6. The minimum atomic E-state index is -0.896. The Morgan fingerprint density at radius 2 is 2.24 bits per heavy atom. The van der Waals surface area contributed by atoms with Gasteiger partial charge in [-0.15, -0.1) is 0 Å². The number of esters is 1. The molecule has 21 heavy (non-hydrogen) atoms. The molecular weight excluding hydrogens is 302 g/mol. The van der Waals surface area contributed by atoms with Gasteiger partial charge in [-0.3, -0.25) is 10.1 Å². The van der Waals surface area contributed by atoms with Crippen molar-refractivity contribution in [3.8, 4) is 0 Å². The van der Waals surface area contributed by atoms with Crippen molar-refractivity contribution in [2.24, 2.45) is 0 Å². The first-order chi connectivity index (χ1) is 9.88. The van der Waals surface area contributed by atoms with E-state index in [4.69, 9.17) is 20.9 Å². The number of carbonyl (C=O) groups is 1. The number of ether oxygens (including phenoxy) is 1. The number of carbonyl (C=O) groups excluding carboxylic acids is 1. The second kappa shape index (κ2) is 5.88. The molecule has 1 aromatic heterocycles. The lowest BCUT2D eigenvalue weighted by Crippen LogP contribution is -2.11. The Morgan fingerprint density at radius 1 is 1.52 bits per heavy atom. The Hall–Kier alpha value is -2.48. The van der Waals surface area contributed by atoms with Crippen molar-refractivity contribution in [1.82, 2.24) is 10.1 Å².